The van der Waals surface area contributed by atoms with Gasteiger partial charge in [-0.05, 0) is 45.7 Å². The van der Waals surface area contributed by atoms with E-state index < -0.39 is 29.7 Å². The Bertz CT molecular complexity index is 855. The number of aromatic nitrogens is 1. The number of carbonyl (C=O) groups is 2. The molecule has 1 heterocycles. The van der Waals surface area contributed by atoms with Gasteiger partial charge in [-0.15, -0.1) is 0 Å². The van der Waals surface area contributed by atoms with E-state index in [1.54, 1.807) is 45.0 Å². The Morgan fingerprint density at radius 2 is 2.00 bits per heavy atom. The number of oxazole rings is 1. The zero-order chi connectivity index (χ0) is 21.4. The van der Waals surface area contributed by atoms with Crippen molar-refractivity contribution >= 4 is 18.3 Å². The zero-order valence-electron chi connectivity index (χ0n) is 16.6. The molecule has 0 aliphatic rings. The van der Waals surface area contributed by atoms with Crippen molar-refractivity contribution in [2.45, 2.75) is 45.3 Å². The van der Waals surface area contributed by atoms with Crippen LogP contribution in [-0.4, -0.2) is 51.7 Å². The van der Waals surface area contributed by atoms with Crippen molar-refractivity contribution in [3.63, 3.8) is 0 Å². The summed E-state index contributed by atoms with van der Waals surface area (Å²) in [6, 6.07) is 7.93. The molecule has 0 bridgehead atoms. The van der Waals surface area contributed by atoms with Crippen LogP contribution >= 0.6 is 0 Å². The highest BCUT2D eigenvalue weighted by molar-refractivity contribution is 5.84. The van der Waals surface area contributed by atoms with Crippen LogP contribution in [0.15, 0.2) is 39.7 Å². The van der Waals surface area contributed by atoms with Gasteiger partial charge in [0, 0.05) is 12.1 Å². The molecule has 2 rings (SSSR count). The lowest BCUT2D eigenvalue weighted by Crippen LogP contribution is -2.33. The topological polar surface area (TPSA) is 134 Å². The number of rotatable bonds is 8. The highest BCUT2D eigenvalue weighted by Gasteiger charge is 2.18. The molecule has 1 aromatic carbocycles. The number of hydrogen-bond donors (Lipinski definition) is 3. The van der Waals surface area contributed by atoms with Crippen LogP contribution < -0.4 is 5.32 Å². The van der Waals surface area contributed by atoms with Gasteiger partial charge in [0.25, 0.3) is 0 Å². The summed E-state index contributed by atoms with van der Waals surface area (Å²) in [5, 5.41) is 21.8. The van der Waals surface area contributed by atoms with Gasteiger partial charge in [0.2, 0.25) is 5.89 Å². The molecule has 0 aliphatic heterocycles. The number of carbonyl (C=O) groups excluding carboxylic acids is 1. The summed E-state index contributed by atoms with van der Waals surface area (Å²) in [4.78, 5) is 31.1. The average molecular weight is 403 g/mol. The first-order valence-corrected chi connectivity index (χ1v) is 9.14. The normalized spacial score (nSPS) is 12.7. The fourth-order valence-corrected chi connectivity index (χ4v) is 2.33. The fourth-order valence-electron chi connectivity index (χ4n) is 2.33. The first-order valence-electron chi connectivity index (χ1n) is 9.14. The maximum atomic E-state index is 11.6. The van der Waals surface area contributed by atoms with Crippen LogP contribution in [0.3, 0.4) is 0 Å². The molecule has 0 spiro atoms. The minimum atomic E-state index is -1.12. The number of aliphatic carboxylic acids is 1. The summed E-state index contributed by atoms with van der Waals surface area (Å²) in [6.45, 7) is 5.51. The molecule has 3 N–H and O–H groups in total. The van der Waals surface area contributed by atoms with Crippen LogP contribution in [0.1, 0.15) is 39.3 Å². The lowest BCUT2D eigenvalue weighted by Gasteiger charge is -2.19. The largest absolute Gasteiger partial charge is 0.480 e. The Hall–Kier alpha value is -3.36. The van der Waals surface area contributed by atoms with Crippen molar-refractivity contribution in [3.8, 4) is 17.4 Å². The van der Waals surface area contributed by atoms with Crippen LogP contribution in [-0.2, 0) is 9.53 Å². The van der Waals surface area contributed by atoms with Gasteiger partial charge >= 0.3 is 18.0 Å². The van der Waals surface area contributed by atoms with Gasteiger partial charge in [-0.3, -0.25) is 4.99 Å². The third kappa shape index (κ3) is 7.28. The van der Waals surface area contributed by atoms with E-state index >= 15 is 0 Å². The molecule has 1 amide bonds. The standard InChI is InChI=1S/C20H25N3O6/c1-20(2,3)29-19(27)21-11-7-10-14(17(24)25)22-12-15-18(26)28-16(23-15)13-8-5-4-6-9-13/h4-6,8-9,12,14,26H,7,10-11H2,1-3H3,(H,21,27)(H,24,25)/t14-/m0/s1. The number of aliphatic imine (C=N–C) groups is 1. The SMILES string of the molecule is CC(C)(C)OC(=O)NCCC[C@H](N=Cc1nc(-c2ccccc2)oc1O)C(=O)O. The molecule has 29 heavy (non-hydrogen) atoms. The number of aromatic hydroxyl groups is 1. The van der Waals surface area contributed by atoms with E-state index in [0.29, 0.717) is 12.0 Å². The number of amides is 1. The van der Waals surface area contributed by atoms with Crippen LogP contribution in [0.25, 0.3) is 11.5 Å². The number of hydrogen-bond acceptors (Lipinski definition) is 7. The van der Waals surface area contributed by atoms with E-state index in [1.807, 2.05) is 6.07 Å². The van der Waals surface area contributed by atoms with Gasteiger partial charge < -0.3 is 24.7 Å². The van der Waals surface area contributed by atoms with Crippen molar-refractivity contribution in [3.05, 3.63) is 36.0 Å². The lowest BCUT2D eigenvalue weighted by molar-refractivity contribution is -0.138. The van der Waals surface area contributed by atoms with Gasteiger partial charge in [-0.25, -0.2) is 14.6 Å². The number of alkyl carbamates (subject to hydrolysis) is 1. The maximum absolute atomic E-state index is 11.6. The molecule has 2 aromatic rings. The Balaban J connectivity index is 1.92. The van der Waals surface area contributed by atoms with E-state index in [2.05, 4.69) is 15.3 Å². The van der Waals surface area contributed by atoms with Gasteiger partial charge in [0.15, 0.2) is 5.69 Å². The smallest absolute Gasteiger partial charge is 0.407 e. The molecule has 0 unspecified atom stereocenters. The number of benzene rings is 1. The molecule has 0 fully saturated rings. The van der Waals surface area contributed by atoms with Gasteiger partial charge in [0.05, 0.1) is 6.21 Å². The Kier molecular flexibility index (Phi) is 7.35. The second-order valence-corrected chi connectivity index (χ2v) is 7.28. The average Bonchev–Trinajstić information content (AvgIpc) is 3.01. The van der Waals surface area contributed by atoms with E-state index in [4.69, 9.17) is 9.15 Å². The van der Waals surface area contributed by atoms with E-state index in [-0.39, 0.29) is 24.6 Å². The van der Waals surface area contributed by atoms with Crippen molar-refractivity contribution in [2.75, 3.05) is 6.54 Å². The summed E-state index contributed by atoms with van der Waals surface area (Å²) in [6.07, 6.45) is 1.18. The third-order valence-corrected chi connectivity index (χ3v) is 3.64. The Morgan fingerprint density at radius 3 is 2.62 bits per heavy atom. The molecule has 0 saturated heterocycles. The van der Waals surface area contributed by atoms with Crippen molar-refractivity contribution in [2.24, 2.45) is 4.99 Å². The molecule has 1 atom stereocenters. The Labute approximate surface area is 168 Å². The Morgan fingerprint density at radius 1 is 1.31 bits per heavy atom. The van der Waals surface area contributed by atoms with Crippen molar-refractivity contribution in [1.29, 1.82) is 0 Å². The van der Waals surface area contributed by atoms with E-state index in [1.165, 1.54) is 6.21 Å². The third-order valence-electron chi connectivity index (χ3n) is 3.64. The zero-order valence-corrected chi connectivity index (χ0v) is 16.6. The van der Waals surface area contributed by atoms with E-state index in [9.17, 15) is 19.8 Å². The monoisotopic (exact) mass is 403 g/mol. The molecule has 9 heteroatoms. The number of nitrogens with one attached hydrogen (secondary N) is 1. The number of nitrogens with zero attached hydrogens (tertiary/aromatic N) is 2. The predicted octanol–water partition coefficient (Wildman–Crippen LogP) is 3.22. The van der Waals surface area contributed by atoms with Crippen LogP contribution in [0, 0.1) is 0 Å². The second kappa shape index (κ2) is 9.72. The highest BCUT2D eigenvalue weighted by atomic mass is 16.6. The van der Waals surface area contributed by atoms with Crippen LogP contribution in [0.2, 0.25) is 0 Å². The second-order valence-electron chi connectivity index (χ2n) is 7.28. The number of carboxylic acids is 1. The molecule has 9 nitrogen and oxygen atoms in total. The molecule has 156 valence electrons. The number of ether oxygens (including phenoxy) is 1. The quantitative estimate of drug-likeness (QED) is 0.455. The van der Waals surface area contributed by atoms with Gasteiger partial charge in [-0.1, -0.05) is 18.2 Å². The maximum Gasteiger partial charge on any atom is 0.407 e. The first kappa shape index (κ1) is 21.9. The molecular formula is C20H25N3O6. The molecular weight excluding hydrogens is 378 g/mol. The highest BCUT2D eigenvalue weighted by Crippen LogP contribution is 2.25. The summed E-state index contributed by atoms with van der Waals surface area (Å²) in [7, 11) is 0. The fraction of sp³-hybridized carbons (Fsp3) is 0.400. The van der Waals surface area contributed by atoms with E-state index in [0.717, 1.165) is 0 Å². The van der Waals surface area contributed by atoms with Gasteiger partial charge in [-0.2, -0.15) is 0 Å². The summed E-state index contributed by atoms with van der Waals surface area (Å²) < 4.78 is 10.3. The minimum absolute atomic E-state index is 0.0435. The predicted molar refractivity (Wildman–Crippen MR) is 106 cm³/mol. The van der Waals surface area contributed by atoms with Crippen LogP contribution in [0.4, 0.5) is 4.79 Å². The molecule has 0 aliphatic carbocycles. The summed E-state index contributed by atoms with van der Waals surface area (Å²) in [5.74, 6) is -1.36. The van der Waals surface area contributed by atoms with Crippen LogP contribution in [0.5, 0.6) is 5.95 Å². The number of carboxylic acid groups (broad SMARTS) is 1. The van der Waals surface area contributed by atoms with Crippen molar-refractivity contribution in [1.82, 2.24) is 10.3 Å². The lowest BCUT2D eigenvalue weighted by atomic mass is 10.1. The summed E-state index contributed by atoms with van der Waals surface area (Å²) in [5.41, 5.74) is 0.114. The minimum Gasteiger partial charge on any atom is -0.480 e. The first-order chi connectivity index (χ1) is 13.7. The van der Waals surface area contributed by atoms with Crippen molar-refractivity contribution < 1.29 is 29.0 Å². The van der Waals surface area contributed by atoms with Gasteiger partial charge in [0.1, 0.15) is 11.6 Å². The summed E-state index contributed by atoms with van der Waals surface area (Å²) >= 11 is 0. The molecule has 1 aromatic heterocycles. The molecule has 0 saturated carbocycles. The molecule has 0 radical (unpaired) electrons.